The monoisotopic (exact) mass is 290 g/mol. The maximum atomic E-state index is 5.37. The second kappa shape index (κ2) is 6.08. The summed E-state index contributed by atoms with van der Waals surface area (Å²) in [5.41, 5.74) is 1.48. The van der Waals surface area contributed by atoms with E-state index in [1.54, 1.807) is 7.11 Å². The molecule has 0 atom stereocenters. The van der Waals surface area contributed by atoms with Crippen LogP contribution in [0.15, 0.2) is 29.3 Å². The number of hydrogen-bond acceptors (Lipinski definition) is 4. The fourth-order valence-corrected chi connectivity index (χ4v) is 4.26. The van der Waals surface area contributed by atoms with Gasteiger partial charge >= 0.3 is 0 Å². The minimum atomic E-state index is 0.481. The van der Waals surface area contributed by atoms with Crippen molar-refractivity contribution in [1.82, 2.24) is 0 Å². The van der Waals surface area contributed by atoms with Gasteiger partial charge in [-0.3, -0.25) is 4.99 Å². The van der Waals surface area contributed by atoms with Crippen LogP contribution >= 0.6 is 11.8 Å². The summed E-state index contributed by atoms with van der Waals surface area (Å²) in [4.78, 5) is 4.79. The number of hydrogen-bond donors (Lipinski definition) is 1. The molecule has 0 aromatic heterocycles. The standard InChI is InChI=1S/C16H22N2OS/c1-19-14-8-4-3-7-13(14)18-15-17-11-16(12-20-15)9-5-2-6-10-16/h3-4,7-8H,2,5-6,9-12H2,1H3,(H,17,18). The SMILES string of the molecule is COc1ccccc1NC1=NCC2(CCCCC2)CS1. The predicted octanol–water partition coefficient (Wildman–Crippen LogP) is 4.16. The Labute approximate surface area is 125 Å². The van der Waals surface area contributed by atoms with Crippen LogP contribution in [0.4, 0.5) is 5.69 Å². The predicted molar refractivity (Wildman–Crippen MR) is 86.9 cm³/mol. The van der Waals surface area contributed by atoms with Gasteiger partial charge in [-0.1, -0.05) is 43.2 Å². The van der Waals surface area contributed by atoms with Gasteiger partial charge in [-0.05, 0) is 30.4 Å². The molecular weight excluding hydrogens is 268 g/mol. The maximum Gasteiger partial charge on any atom is 0.161 e. The highest BCUT2D eigenvalue weighted by molar-refractivity contribution is 8.14. The van der Waals surface area contributed by atoms with Crippen LogP contribution < -0.4 is 10.1 Å². The molecule has 108 valence electrons. The summed E-state index contributed by atoms with van der Waals surface area (Å²) in [7, 11) is 1.70. The molecule has 3 rings (SSSR count). The van der Waals surface area contributed by atoms with E-state index in [-0.39, 0.29) is 0 Å². The largest absolute Gasteiger partial charge is 0.495 e. The van der Waals surface area contributed by atoms with E-state index in [1.165, 1.54) is 37.9 Å². The van der Waals surface area contributed by atoms with E-state index in [4.69, 9.17) is 9.73 Å². The first-order chi connectivity index (χ1) is 9.81. The summed E-state index contributed by atoms with van der Waals surface area (Å²) in [5, 5.41) is 4.44. The first-order valence-electron chi connectivity index (χ1n) is 7.39. The third-order valence-electron chi connectivity index (χ3n) is 4.34. The number of aliphatic imine (C=N–C) groups is 1. The molecule has 1 aliphatic carbocycles. The number of ether oxygens (including phenoxy) is 1. The first kappa shape index (κ1) is 13.8. The Morgan fingerprint density at radius 3 is 2.70 bits per heavy atom. The van der Waals surface area contributed by atoms with E-state index in [0.29, 0.717) is 5.41 Å². The van der Waals surface area contributed by atoms with Crippen molar-refractivity contribution in [2.45, 2.75) is 32.1 Å². The Morgan fingerprint density at radius 2 is 2.00 bits per heavy atom. The lowest BCUT2D eigenvalue weighted by Gasteiger charge is -2.38. The normalized spacial score (nSPS) is 21.4. The quantitative estimate of drug-likeness (QED) is 0.888. The highest BCUT2D eigenvalue weighted by Crippen LogP contribution is 2.42. The van der Waals surface area contributed by atoms with E-state index in [9.17, 15) is 0 Å². The first-order valence-corrected chi connectivity index (χ1v) is 8.37. The van der Waals surface area contributed by atoms with Crippen LogP contribution in [0, 0.1) is 5.41 Å². The highest BCUT2D eigenvalue weighted by atomic mass is 32.2. The molecule has 1 spiro atoms. The number of benzene rings is 1. The number of anilines is 1. The zero-order chi connectivity index (χ0) is 13.8. The van der Waals surface area contributed by atoms with Gasteiger partial charge in [0.15, 0.2) is 5.17 Å². The van der Waals surface area contributed by atoms with Gasteiger partial charge in [-0.2, -0.15) is 0 Å². The molecular formula is C16H22N2OS. The molecule has 1 saturated carbocycles. The van der Waals surface area contributed by atoms with Crippen molar-refractivity contribution in [3.8, 4) is 5.75 Å². The number of nitrogens with one attached hydrogen (secondary N) is 1. The van der Waals surface area contributed by atoms with Crippen LogP contribution in [0.1, 0.15) is 32.1 Å². The number of amidine groups is 1. The maximum absolute atomic E-state index is 5.37. The number of para-hydroxylation sites is 2. The number of thioether (sulfide) groups is 1. The lowest BCUT2D eigenvalue weighted by molar-refractivity contribution is 0.232. The molecule has 1 heterocycles. The van der Waals surface area contributed by atoms with Gasteiger partial charge in [0.2, 0.25) is 0 Å². The Morgan fingerprint density at radius 1 is 1.20 bits per heavy atom. The molecule has 0 saturated heterocycles. The molecule has 1 aromatic rings. The summed E-state index contributed by atoms with van der Waals surface area (Å²) in [5.74, 6) is 2.07. The van der Waals surface area contributed by atoms with Crippen LogP contribution in [0.2, 0.25) is 0 Å². The molecule has 20 heavy (non-hydrogen) atoms. The molecule has 3 nitrogen and oxygen atoms in total. The van der Waals surface area contributed by atoms with Crippen molar-refractivity contribution >= 4 is 22.6 Å². The molecule has 0 unspecified atom stereocenters. The number of nitrogens with zero attached hydrogens (tertiary/aromatic N) is 1. The van der Waals surface area contributed by atoms with Gasteiger partial charge in [-0.25, -0.2) is 0 Å². The smallest absolute Gasteiger partial charge is 0.161 e. The summed E-state index contributed by atoms with van der Waals surface area (Å²) >= 11 is 1.87. The number of methoxy groups -OCH3 is 1. The van der Waals surface area contributed by atoms with Gasteiger partial charge in [0.1, 0.15) is 5.75 Å². The minimum absolute atomic E-state index is 0.481. The van der Waals surface area contributed by atoms with Crippen LogP contribution in [-0.4, -0.2) is 24.6 Å². The summed E-state index contributed by atoms with van der Waals surface area (Å²) in [6.07, 6.45) is 6.87. The Balaban J connectivity index is 1.67. The average Bonchev–Trinajstić information content (AvgIpc) is 2.51. The second-order valence-electron chi connectivity index (χ2n) is 5.80. The van der Waals surface area contributed by atoms with Crippen molar-refractivity contribution in [3.05, 3.63) is 24.3 Å². The van der Waals surface area contributed by atoms with Gasteiger partial charge in [0.25, 0.3) is 0 Å². The van der Waals surface area contributed by atoms with Gasteiger partial charge < -0.3 is 10.1 Å². The fourth-order valence-electron chi connectivity index (χ4n) is 3.10. The summed E-state index contributed by atoms with van der Waals surface area (Å²) < 4.78 is 5.37. The minimum Gasteiger partial charge on any atom is -0.495 e. The summed E-state index contributed by atoms with van der Waals surface area (Å²) in [6.45, 7) is 0.984. The molecule has 2 aliphatic rings. The van der Waals surface area contributed by atoms with E-state index in [2.05, 4.69) is 5.32 Å². The molecule has 1 aromatic carbocycles. The highest BCUT2D eigenvalue weighted by Gasteiger charge is 2.34. The van der Waals surface area contributed by atoms with E-state index in [0.717, 1.165) is 23.1 Å². The van der Waals surface area contributed by atoms with Crippen LogP contribution in [-0.2, 0) is 0 Å². The zero-order valence-electron chi connectivity index (χ0n) is 12.0. The number of rotatable bonds is 2. The topological polar surface area (TPSA) is 33.6 Å². The van der Waals surface area contributed by atoms with Crippen molar-refractivity contribution in [1.29, 1.82) is 0 Å². The molecule has 0 amide bonds. The molecule has 1 aliphatic heterocycles. The molecule has 4 heteroatoms. The van der Waals surface area contributed by atoms with Gasteiger partial charge in [-0.15, -0.1) is 0 Å². The molecule has 1 N–H and O–H groups in total. The van der Waals surface area contributed by atoms with Crippen LogP contribution in [0.5, 0.6) is 5.75 Å². The molecule has 0 bridgehead atoms. The van der Waals surface area contributed by atoms with Crippen molar-refractivity contribution in [2.24, 2.45) is 10.4 Å². The fraction of sp³-hybridized carbons (Fsp3) is 0.562. The summed E-state index contributed by atoms with van der Waals surface area (Å²) in [6, 6.07) is 8.00. The average molecular weight is 290 g/mol. The third-order valence-corrected chi connectivity index (χ3v) is 5.60. The molecule has 0 radical (unpaired) electrons. The van der Waals surface area contributed by atoms with Gasteiger partial charge in [0, 0.05) is 12.3 Å². The lowest BCUT2D eigenvalue weighted by Crippen LogP contribution is -2.35. The molecule has 1 fully saturated rings. The second-order valence-corrected chi connectivity index (χ2v) is 6.76. The van der Waals surface area contributed by atoms with Gasteiger partial charge in [0.05, 0.1) is 12.8 Å². The van der Waals surface area contributed by atoms with E-state index in [1.807, 2.05) is 36.0 Å². The van der Waals surface area contributed by atoms with Crippen molar-refractivity contribution in [3.63, 3.8) is 0 Å². The Hall–Kier alpha value is -1.16. The Kier molecular flexibility index (Phi) is 4.20. The van der Waals surface area contributed by atoms with E-state index >= 15 is 0 Å². The zero-order valence-corrected chi connectivity index (χ0v) is 12.8. The van der Waals surface area contributed by atoms with Crippen LogP contribution in [0.25, 0.3) is 0 Å². The van der Waals surface area contributed by atoms with Crippen LogP contribution in [0.3, 0.4) is 0 Å². The third kappa shape index (κ3) is 2.95. The van der Waals surface area contributed by atoms with Crippen molar-refractivity contribution in [2.75, 3.05) is 24.7 Å². The van der Waals surface area contributed by atoms with Crippen molar-refractivity contribution < 1.29 is 4.74 Å². The lowest BCUT2D eigenvalue weighted by atomic mass is 9.75. The Bertz CT molecular complexity index is 495. The van der Waals surface area contributed by atoms with E-state index < -0.39 is 0 Å².